The maximum Gasteiger partial charge on any atom is 0.193 e. The van der Waals surface area contributed by atoms with Crippen molar-refractivity contribution in [3.05, 3.63) is 24.4 Å². The monoisotopic (exact) mass is 332 g/mol. The highest BCUT2D eigenvalue weighted by atomic mass is 15.4. The second-order valence-electron chi connectivity index (χ2n) is 6.16. The van der Waals surface area contributed by atoms with Crippen molar-refractivity contribution in [2.75, 3.05) is 57.8 Å². The molecule has 0 bridgehead atoms. The van der Waals surface area contributed by atoms with Crippen molar-refractivity contribution in [1.29, 1.82) is 0 Å². The third-order valence-corrected chi connectivity index (χ3v) is 4.76. The Bertz CT molecular complexity index is 491. The number of aromatic nitrogens is 1. The minimum absolute atomic E-state index is 0.506. The molecule has 0 saturated carbocycles. The summed E-state index contributed by atoms with van der Waals surface area (Å²) in [6.07, 6.45) is 1.86. The predicted octanol–water partition coefficient (Wildman–Crippen LogP) is 1.51. The van der Waals surface area contributed by atoms with Crippen LogP contribution in [-0.4, -0.2) is 79.6 Å². The van der Waals surface area contributed by atoms with Crippen LogP contribution >= 0.6 is 0 Å². The molecular weight excluding hydrogens is 300 g/mol. The summed E-state index contributed by atoms with van der Waals surface area (Å²) in [5.41, 5.74) is 0. The summed E-state index contributed by atoms with van der Waals surface area (Å²) in [4.78, 5) is 16.1. The summed E-state index contributed by atoms with van der Waals surface area (Å²) in [5.74, 6) is 2.07. The van der Waals surface area contributed by atoms with Crippen LogP contribution in [0, 0.1) is 0 Å². The fraction of sp³-hybridized carbons (Fsp3) is 0.667. The fourth-order valence-corrected chi connectivity index (χ4v) is 3.24. The van der Waals surface area contributed by atoms with Gasteiger partial charge in [-0.05, 0) is 32.1 Å². The summed E-state index contributed by atoms with van der Waals surface area (Å²) < 4.78 is 0. The summed E-state index contributed by atoms with van der Waals surface area (Å²) in [5, 5.41) is 3.54. The van der Waals surface area contributed by atoms with Gasteiger partial charge in [0.1, 0.15) is 5.82 Å². The Morgan fingerprint density at radius 1 is 1.25 bits per heavy atom. The van der Waals surface area contributed by atoms with Gasteiger partial charge >= 0.3 is 0 Å². The number of nitrogens with zero attached hydrogens (tertiary/aromatic N) is 5. The van der Waals surface area contributed by atoms with E-state index in [2.05, 4.69) is 56.8 Å². The molecule has 24 heavy (non-hydrogen) atoms. The summed E-state index contributed by atoms with van der Waals surface area (Å²) in [6, 6.07) is 6.59. The Labute approximate surface area is 146 Å². The lowest BCUT2D eigenvalue weighted by atomic mass is 10.2. The van der Waals surface area contributed by atoms with Gasteiger partial charge in [-0.15, -0.1) is 0 Å². The third kappa shape index (κ3) is 4.84. The molecule has 0 aliphatic carbocycles. The zero-order valence-corrected chi connectivity index (χ0v) is 15.6. The number of rotatable bonds is 6. The van der Waals surface area contributed by atoms with Crippen LogP contribution in [-0.2, 0) is 0 Å². The molecule has 134 valence electrons. The van der Waals surface area contributed by atoms with E-state index in [9.17, 15) is 0 Å². The van der Waals surface area contributed by atoms with Crippen molar-refractivity contribution < 1.29 is 0 Å². The number of likely N-dealkylation sites (N-methyl/N-ethyl adjacent to an activating group) is 1. The first-order chi connectivity index (χ1) is 11.7. The third-order valence-electron chi connectivity index (χ3n) is 4.76. The van der Waals surface area contributed by atoms with E-state index < -0.39 is 0 Å². The molecule has 1 aliphatic heterocycles. The van der Waals surface area contributed by atoms with E-state index in [-0.39, 0.29) is 0 Å². The topological polar surface area (TPSA) is 47.0 Å². The van der Waals surface area contributed by atoms with Gasteiger partial charge < -0.3 is 15.1 Å². The van der Waals surface area contributed by atoms with Gasteiger partial charge in [-0.3, -0.25) is 9.89 Å². The number of anilines is 1. The number of hydrogen-bond acceptors (Lipinski definition) is 4. The van der Waals surface area contributed by atoms with E-state index in [0.29, 0.717) is 6.04 Å². The Balaban J connectivity index is 1.83. The Hall–Kier alpha value is -1.82. The summed E-state index contributed by atoms with van der Waals surface area (Å²) in [7, 11) is 1.87. The van der Waals surface area contributed by atoms with Crippen molar-refractivity contribution in [2.24, 2.45) is 4.99 Å². The number of aliphatic imine (C=N–C) groups is 1. The molecule has 2 rings (SSSR count). The van der Waals surface area contributed by atoms with Crippen molar-refractivity contribution in [2.45, 2.75) is 26.8 Å². The van der Waals surface area contributed by atoms with Gasteiger partial charge in [0, 0.05) is 52.0 Å². The Morgan fingerprint density at radius 2 is 1.96 bits per heavy atom. The maximum absolute atomic E-state index is 4.47. The van der Waals surface area contributed by atoms with E-state index in [4.69, 9.17) is 0 Å². The van der Waals surface area contributed by atoms with Gasteiger partial charge in [0.15, 0.2) is 5.96 Å². The minimum Gasteiger partial charge on any atom is -0.355 e. The van der Waals surface area contributed by atoms with E-state index >= 15 is 0 Å². The average Bonchev–Trinajstić information content (AvgIpc) is 2.64. The molecule has 1 aromatic heterocycles. The second-order valence-corrected chi connectivity index (χ2v) is 6.16. The molecule has 1 aromatic rings. The first-order valence-electron chi connectivity index (χ1n) is 9.05. The van der Waals surface area contributed by atoms with Gasteiger partial charge in [-0.25, -0.2) is 4.98 Å². The van der Waals surface area contributed by atoms with Crippen LogP contribution in [0.2, 0.25) is 0 Å². The van der Waals surface area contributed by atoms with Crippen molar-refractivity contribution in [3.63, 3.8) is 0 Å². The maximum atomic E-state index is 4.47. The molecule has 1 unspecified atom stereocenters. The van der Waals surface area contributed by atoms with Crippen LogP contribution in [0.4, 0.5) is 5.82 Å². The van der Waals surface area contributed by atoms with Gasteiger partial charge in [-0.1, -0.05) is 19.9 Å². The first kappa shape index (κ1) is 18.5. The molecule has 1 atom stereocenters. The van der Waals surface area contributed by atoms with E-state index in [1.807, 2.05) is 25.4 Å². The Morgan fingerprint density at radius 3 is 2.50 bits per heavy atom. The SMILES string of the molecule is CCN(CC)C(C)CNC(=NC)N1CCN(c2ccccn2)CC1. The lowest BCUT2D eigenvalue weighted by Gasteiger charge is -2.37. The highest BCUT2D eigenvalue weighted by Crippen LogP contribution is 2.12. The average molecular weight is 332 g/mol. The molecule has 1 aliphatic rings. The van der Waals surface area contributed by atoms with E-state index in [1.165, 1.54) is 0 Å². The Kier molecular flexibility index (Phi) is 7.31. The lowest BCUT2D eigenvalue weighted by molar-refractivity contribution is 0.229. The molecule has 0 aromatic carbocycles. The number of guanidine groups is 1. The van der Waals surface area contributed by atoms with Crippen LogP contribution in [0.3, 0.4) is 0 Å². The lowest BCUT2D eigenvalue weighted by Crippen LogP contribution is -2.54. The van der Waals surface area contributed by atoms with Crippen molar-refractivity contribution in [3.8, 4) is 0 Å². The minimum atomic E-state index is 0.506. The van der Waals surface area contributed by atoms with Gasteiger partial charge in [0.2, 0.25) is 0 Å². The van der Waals surface area contributed by atoms with Crippen LogP contribution in [0.15, 0.2) is 29.4 Å². The van der Waals surface area contributed by atoms with Gasteiger partial charge in [-0.2, -0.15) is 0 Å². The molecule has 0 amide bonds. The zero-order valence-electron chi connectivity index (χ0n) is 15.6. The van der Waals surface area contributed by atoms with Gasteiger partial charge in [0.25, 0.3) is 0 Å². The highest BCUT2D eigenvalue weighted by molar-refractivity contribution is 5.80. The quantitative estimate of drug-likeness (QED) is 0.632. The smallest absolute Gasteiger partial charge is 0.193 e. The van der Waals surface area contributed by atoms with Crippen molar-refractivity contribution in [1.82, 2.24) is 20.1 Å². The molecule has 6 heteroatoms. The standard InChI is InChI=1S/C18H32N6/c1-5-22(6-2)16(3)15-21-18(19-4)24-13-11-23(12-14-24)17-9-7-8-10-20-17/h7-10,16H,5-6,11-15H2,1-4H3,(H,19,21). The molecule has 2 heterocycles. The molecule has 1 saturated heterocycles. The normalized spacial score (nSPS) is 17.3. The van der Waals surface area contributed by atoms with Crippen LogP contribution in [0.1, 0.15) is 20.8 Å². The molecule has 1 fully saturated rings. The van der Waals surface area contributed by atoms with E-state index in [1.54, 1.807) is 0 Å². The number of hydrogen-bond donors (Lipinski definition) is 1. The first-order valence-corrected chi connectivity index (χ1v) is 9.05. The largest absolute Gasteiger partial charge is 0.355 e. The van der Waals surface area contributed by atoms with Crippen LogP contribution in [0.25, 0.3) is 0 Å². The fourth-order valence-electron chi connectivity index (χ4n) is 3.24. The molecule has 1 N–H and O–H groups in total. The molecule has 0 spiro atoms. The molecule has 0 radical (unpaired) electrons. The number of pyridine rings is 1. The summed E-state index contributed by atoms with van der Waals surface area (Å²) in [6.45, 7) is 13.7. The zero-order chi connectivity index (χ0) is 17.4. The number of piperazine rings is 1. The second kappa shape index (κ2) is 9.47. The molecule has 6 nitrogen and oxygen atoms in total. The predicted molar refractivity (Wildman–Crippen MR) is 102 cm³/mol. The number of nitrogens with one attached hydrogen (secondary N) is 1. The summed E-state index contributed by atoms with van der Waals surface area (Å²) >= 11 is 0. The van der Waals surface area contributed by atoms with E-state index in [0.717, 1.165) is 57.6 Å². The molecular formula is C18H32N6. The van der Waals surface area contributed by atoms with Gasteiger partial charge in [0.05, 0.1) is 0 Å². The highest BCUT2D eigenvalue weighted by Gasteiger charge is 2.21. The van der Waals surface area contributed by atoms with Crippen LogP contribution < -0.4 is 10.2 Å². The van der Waals surface area contributed by atoms with Crippen molar-refractivity contribution >= 4 is 11.8 Å². The van der Waals surface area contributed by atoms with Crippen LogP contribution in [0.5, 0.6) is 0 Å².